The number of alkyl halides is 14. The number of Topliss-reactive ketones (excluding diaryl/α,β-unsaturated/α-hetero) is 4. The van der Waals surface area contributed by atoms with Gasteiger partial charge in [-0.05, 0) is 35.1 Å². The molecule has 4 nitrogen and oxygen atoms in total. The highest BCUT2D eigenvalue weighted by Crippen LogP contribution is 2.48. The number of hydrogen-bond donors (Lipinski definition) is 0. The Labute approximate surface area is 272 Å². The van der Waals surface area contributed by atoms with Crippen molar-refractivity contribution in [1.29, 1.82) is 0 Å². The summed E-state index contributed by atoms with van der Waals surface area (Å²) in [5, 5.41) is 0. The molecule has 0 saturated carbocycles. The Bertz CT molecular complexity index is 1610. The maximum atomic E-state index is 13.6. The maximum absolute atomic E-state index is 13.6. The van der Waals surface area contributed by atoms with Crippen molar-refractivity contribution in [3.8, 4) is 0 Å². The zero-order valence-corrected chi connectivity index (χ0v) is 24.7. The summed E-state index contributed by atoms with van der Waals surface area (Å²) in [6, 6.07) is 15.9. The van der Waals surface area contributed by atoms with E-state index in [0.29, 0.717) is 22.3 Å². The van der Waals surface area contributed by atoms with E-state index in [1.807, 2.05) is 0 Å². The van der Waals surface area contributed by atoms with Crippen LogP contribution in [0.5, 0.6) is 0 Å². The van der Waals surface area contributed by atoms with Crippen LogP contribution in [0.4, 0.5) is 61.5 Å². The molecule has 270 valence electrons. The zero-order chi connectivity index (χ0) is 38.1. The van der Waals surface area contributed by atoms with Crippen molar-refractivity contribution in [2.24, 2.45) is 0 Å². The summed E-state index contributed by atoms with van der Waals surface area (Å²) < 4.78 is 181. The van der Waals surface area contributed by atoms with Crippen LogP contribution in [-0.4, -0.2) is 59.2 Å². The minimum Gasteiger partial charge on any atom is -0.294 e. The Morgan fingerprint density at radius 1 is 0.420 bits per heavy atom. The quantitative estimate of drug-likeness (QED) is 0.0944. The van der Waals surface area contributed by atoms with Crippen LogP contribution in [0, 0.1) is 0 Å². The maximum Gasteiger partial charge on any atom is 0.460 e. The molecule has 3 aromatic rings. The second-order valence-electron chi connectivity index (χ2n) is 10.9. The highest BCUT2D eigenvalue weighted by Gasteiger charge is 2.76. The second-order valence-corrected chi connectivity index (χ2v) is 10.9. The fraction of sp³-hybridized carbons (Fsp3) is 0.312. The first-order valence-electron chi connectivity index (χ1n) is 13.8. The van der Waals surface area contributed by atoms with Crippen LogP contribution < -0.4 is 0 Å². The van der Waals surface area contributed by atoms with Crippen LogP contribution in [0.1, 0.15) is 55.8 Å². The lowest BCUT2D eigenvalue weighted by Gasteiger charge is -2.26. The van der Waals surface area contributed by atoms with Crippen molar-refractivity contribution in [3.63, 3.8) is 0 Å². The van der Waals surface area contributed by atoms with Gasteiger partial charge in [0.2, 0.25) is 11.6 Å². The number of ketones is 4. The zero-order valence-electron chi connectivity index (χ0n) is 24.7. The van der Waals surface area contributed by atoms with Gasteiger partial charge in [0, 0.05) is 11.1 Å². The summed E-state index contributed by atoms with van der Waals surface area (Å²) in [6.07, 6.45) is -17.1. The smallest absolute Gasteiger partial charge is 0.294 e. The molecule has 0 unspecified atom stereocenters. The van der Waals surface area contributed by atoms with Crippen LogP contribution >= 0.6 is 0 Å². The molecule has 0 aliphatic carbocycles. The number of hydrogen-bond acceptors (Lipinski definition) is 4. The van der Waals surface area contributed by atoms with Gasteiger partial charge in [0.1, 0.15) is 0 Å². The Morgan fingerprint density at radius 2 is 0.700 bits per heavy atom. The Morgan fingerprint density at radius 3 is 0.960 bits per heavy atom. The molecule has 18 heteroatoms. The van der Waals surface area contributed by atoms with Crippen LogP contribution in [0.25, 0.3) is 0 Å². The minimum absolute atomic E-state index is 0.148. The highest BCUT2D eigenvalue weighted by atomic mass is 19.4. The van der Waals surface area contributed by atoms with Crippen molar-refractivity contribution in [2.45, 2.75) is 61.7 Å². The fourth-order valence-corrected chi connectivity index (χ4v) is 4.38. The summed E-state index contributed by atoms with van der Waals surface area (Å²) in [6.45, 7) is 0. The molecule has 0 radical (unpaired) electrons. The van der Waals surface area contributed by atoms with Gasteiger partial charge in [0.15, 0.2) is 11.6 Å². The largest absolute Gasteiger partial charge is 0.460 e. The summed E-state index contributed by atoms with van der Waals surface area (Å²) in [5.41, 5.74) is 1.38. The van der Waals surface area contributed by atoms with Crippen LogP contribution in [0.3, 0.4) is 0 Å². The van der Waals surface area contributed by atoms with Gasteiger partial charge in [-0.1, -0.05) is 72.8 Å². The van der Waals surface area contributed by atoms with E-state index in [4.69, 9.17) is 0 Å². The molecule has 0 saturated heterocycles. The molecule has 0 bridgehead atoms. The van der Waals surface area contributed by atoms with Crippen LogP contribution in [0.15, 0.2) is 72.8 Å². The Balaban J connectivity index is 1.68. The SMILES string of the molecule is O=C(CC(=O)C(F)(F)C(F)(F)C(F)(F)F)c1ccc(Cc2ccccc2Cc2ccc(C(=O)CC(=O)C(F)(F)C(F)(F)C(F)(F)F)cc2)cc1. The van der Waals surface area contributed by atoms with E-state index in [2.05, 4.69) is 0 Å². The summed E-state index contributed by atoms with van der Waals surface area (Å²) in [7, 11) is 0. The standard InChI is InChI=1S/C32H20F14O4/c33-27(34,29(37,38)31(41,42)43)25(49)15-23(47)19-9-5-17(6-10-19)13-21-3-1-2-4-22(21)14-18-7-11-20(12-8-18)24(48)16-26(50)28(35,36)30(39,40)32(44,45)46/h1-12H,13-16H2. The Hall–Kier alpha value is -4.64. The van der Waals surface area contributed by atoms with E-state index < -0.39 is 83.1 Å². The molecule has 0 N–H and O–H groups in total. The first-order chi connectivity index (χ1) is 22.7. The average molecular weight is 734 g/mol. The summed E-state index contributed by atoms with van der Waals surface area (Å²) in [4.78, 5) is 47.6. The van der Waals surface area contributed by atoms with E-state index in [9.17, 15) is 80.6 Å². The third kappa shape index (κ3) is 8.04. The molecule has 3 rings (SSSR count). The number of carbonyl (C=O) groups excluding carboxylic acids is 4. The lowest BCUT2D eigenvalue weighted by molar-refractivity contribution is -0.343. The molecular weight excluding hydrogens is 714 g/mol. The molecule has 0 spiro atoms. The van der Waals surface area contributed by atoms with E-state index in [0.717, 1.165) is 24.3 Å². The van der Waals surface area contributed by atoms with Gasteiger partial charge in [0.25, 0.3) is 0 Å². The lowest BCUT2D eigenvalue weighted by Crippen LogP contribution is -2.56. The van der Waals surface area contributed by atoms with Crippen molar-refractivity contribution in [3.05, 3.63) is 106 Å². The molecule has 0 fully saturated rings. The van der Waals surface area contributed by atoms with Crippen molar-refractivity contribution >= 4 is 23.1 Å². The normalized spacial score (nSPS) is 13.2. The number of carbonyl (C=O) groups is 4. The van der Waals surface area contributed by atoms with Gasteiger partial charge >= 0.3 is 36.0 Å². The summed E-state index contributed by atoms with van der Waals surface area (Å²) >= 11 is 0. The minimum atomic E-state index is -6.75. The lowest BCUT2D eigenvalue weighted by atomic mass is 9.93. The highest BCUT2D eigenvalue weighted by molar-refractivity contribution is 6.11. The van der Waals surface area contributed by atoms with Crippen molar-refractivity contribution < 1.29 is 80.6 Å². The third-order valence-electron chi connectivity index (χ3n) is 7.30. The van der Waals surface area contributed by atoms with Crippen molar-refractivity contribution in [1.82, 2.24) is 0 Å². The fourth-order valence-electron chi connectivity index (χ4n) is 4.38. The molecular formula is C32H20F14O4. The Kier molecular flexibility index (Phi) is 11.1. The predicted molar refractivity (Wildman–Crippen MR) is 145 cm³/mol. The van der Waals surface area contributed by atoms with E-state index in [1.165, 1.54) is 24.3 Å². The number of benzene rings is 3. The number of rotatable bonds is 14. The molecule has 0 aliphatic rings. The third-order valence-corrected chi connectivity index (χ3v) is 7.30. The van der Waals surface area contributed by atoms with Gasteiger partial charge < -0.3 is 0 Å². The molecule has 0 heterocycles. The topological polar surface area (TPSA) is 68.3 Å². The van der Waals surface area contributed by atoms with E-state index in [-0.39, 0.29) is 12.8 Å². The van der Waals surface area contributed by atoms with Gasteiger partial charge in [-0.3, -0.25) is 19.2 Å². The first kappa shape index (κ1) is 39.8. The monoisotopic (exact) mass is 734 g/mol. The molecule has 0 atom stereocenters. The van der Waals surface area contributed by atoms with Gasteiger partial charge in [0.05, 0.1) is 12.8 Å². The summed E-state index contributed by atoms with van der Waals surface area (Å²) in [5.74, 6) is -34.6. The van der Waals surface area contributed by atoms with Crippen LogP contribution in [-0.2, 0) is 22.4 Å². The second kappa shape index (κ2) is 13.9. The number of halogens is 14. The molecule has 0 amide bonds. The average Bonchev–Trinajstić information content (AvgIpc) is 3.01. The predicted octanol–water partition coefficient (Wildman–Crippen LogP) is 8.82. The first-order valence-corrected chi connectivity index (χ1v) is 13.8. The molecule has 0 aliphatic heterocycles. The van der Waals surface area contributed by atoms with Gasteiger partial charge in [-0.2, -0.15) is 61.5 Å². The van der Waals surface area contributed by atoms with E-state index in [1.54, 1.807) is 24.3 Å². The van der Waals surface area contributed by atoms with Gasteiger partial charge in [-0.15, -0.1) is 0 Å². The molecule has 0 aromatic heterocycles. The molecule has 3 aromatic carbocycles. The van der Waals surface area contributed by atoms with E-state index >= 15 is 0 Å². The molecule has 50 heavy (non-hydrogen) atoms. The van der Waals surface area contributed by atoms with Gasteiger partial charge in [-0.25, -0.2) is 0 Å². The van der Waals surface area contributed by atoms with Crippen LogP contribution in [0.2, 0.25) is 0 Å². The van der Waals surface area contributed by atoms with Crippen molar-refractivity contribution in [2.75, 3.05) is 0 Å².